The summed E-state index contributed by atoms with van der Waals surface area (Å²) in [4.78, 5) is 13.2. The van der Waals surface area contributed by atoms with Gasteiger partial charge in [-0.3, -0.25) is 0 Å². The summed E-state index contributed by atoms with van der Waals surface area (Å²) < 4.78 is 6.92. The molecule has 1 atom stereocenters. The SMILES string of the molecule is C[N+]12CCC(CC1)C(OC(=O)C(O)(c1ccccc1)c1ccccc1)C2.[Br-]. The van der Waals surface area contributed by atoms with Crippen molar-refractivity contribution in [3.8, 4) is 0 Å². The number of quaternary nitrogens is 1. The van der Waals surface area contributed by atoms with Crippen LogP contribution >= 0.6 is 0 Å². The highest BCUT2D eigenvalue weighted by atomic mass is 79.9. The van der Waals surface area contributed by atoms with Gasteiger partial charge in [-0.15, -0.1) is 0 Å². The van der Waals surface area contributed by atoms with Crippen LogP contribution in [-0.2, 0) is 15.1 Å². The molecule has 3 aliphatic heterocycles. The zero-order chi connectivity index (χ0) is 18.2. The van der Waals surface area contributed by atoms with Crippen LogP contribution in [0.3, 0.4) is 0 Å². The molecule has 0 amide bonds. The van der Waals surface area contributed by atoms with Crippen LogP contribution in [0.2, 0.25) is 0 Å². The van der Waals surface area contributed by atoms with Crippen LogP contribution in [0.4, 0.5) is 0 Å². The maximum Gasteiger partial charge on any atom is 0.348 e. The van der Waals surface area contributed by atoms with Crippen LogP contribution < -0.4 is 17.0 Å². The molecule has 1 unspecified atom stereocenters. The molecule has 0 saturated carbocycles. The number of carbonyl (C=O) groups excluding carboxylic acids is 1. The van der Waals surface area contributed by atoms with Gasteiger partial charge < -0.3 is 31.3 Å². The zero-order valence-electron chi connectivity index (χ0n) is 15.6. The molecular formula is C22H26BrNO3. The normalized spacial score (nSPS) is 26.9. The minimum absolute atomic E-state index is 0. The van der Waals surface area contributed by atoms with Crippen LogP contribution in [0.15, 0.2) is 60.7 Å². The molecule has 0 aliphatic carbocycles. The molecule has 3 heterocycles. The molecule has 3 fully saturated rings. The van der Waals surface area contributed by atoms with Gasteiger partial charge in [0, 0.05) is 18.8 Å². The van der Waals surface area contributed by atoms with E-state index < -0.39 is 11.6 Å². The first-order valence-corrected chi connectivity index (χ1v) is 9.39. The number of benzene rings is 2. The molecule has 3 aliphatic rings. The molecule has 0 aromatic heterocycles. The summed E-state index contributed by atoms with van der Waals surface area (Å²) in [6.07, 6.45) is 2.06. The summed E-state index contributed by atoms with van der Waals surface area (Å²) in [6.45, 7) is 3.15. The molecule has 5 rings (SSSR count). The quantitative estimate of drug-likeness (QED) is 0.534. The highest BCUT2D eigenvalue weighted by molar-refractivity contribution is 5.85. The Morgan fingerprint density at radius 2 is 1.48 bits per heavy atom. The van der Waals surface area contributed by atoms with E-state index in [0.717, 1.165) is 37.0 Å². The maximum absolute atomic E-state index is 13.2. The van der Waals surface area contributed by atoms with Crippen molar-refractivity contribution in [2.24, 2.45) is 5.92 Å². The third-order valence-electron chi connectivity index (χ3n) is 6.16. The number of rotatable bonds is 4. The predicted octanol–water partition coefficient (Wildman–Crippen LogP) is -0.291. The van der Waals surface area contributed by atoms with Crippen LogP contribution in [0.1, 0.15) is 24.0 Å². The van der Waals surface area contributed by atoms with E-state index in [1.165, 1.54) is 0 Å². The molecule has 5 heteroatoms. The summed E-state index contributed by atoms with van der Waals surface area (Å²) in [5, 5.41) is 11.5. The van der Waals surface area contributed by atoms with E-state index in [4.69, 9.17) is 4.74 Å². The largest absolute Gasteiger partial charge is 1.00 e. The Morgan fingerprint density at radius 1 is 1.00 bits per heavy atom. The Hall–Kier alpha value is -1.69. The Bertz CT molecular complexity index is 733. The van der Waals surface area contributed by atoms with Crippen LogP contribution in [0.25, 0.3) is 0 Å². The number of aliphatic hydroxyl groups is 1. The summed E-state index contributed by atoms with van der Waals surface area (Å²) >= 11 is 0. The summed E-state index contributed by atoms with van der Waals surface area (Å²) in [5.74, 6) is -0.157. The Labute approximate surface area is 171 Å². The number of ether oxygens (including phenoxy) is 1. The first kappa shape index (κ1) is 20.1. The third-order valence-corrected chi connectivity index (χ3v) is 6.16. The fourth-order valence-corrected chi connectivity index (χ4v) is 4.47. The monoisotopic (exact) mass is 431 g/mol. The summed E-state index contributed by atoms with van der Waals surface area (Å²) in [7, 11) is 2.23. The van der Waals surface area contributed by atoms with Crippen molar-refractivity contribution in [1.29, 1.82) is 0 Å². The lowest BCUT2D eigenvalue weighted by Gasteiger charge is -2.50. The van der Waals surface area contributed by atoms with Gasteiger partial charge in [-0.1, -0.05) is 60.7 Å². The van der Waals surface area contributed by atoms with E-state index in [9.17, 15) is 9.90 Å². The number of likely N-dealkylation sites (N-methyl/N-ethyl adjacent to an activating group) is 1. The molecular weight excluding hydrogens is 406 g/mol. The Balaban J connectivity index is 0.00000210. The minimum atomic E-state index is -1.78. The lowest BCUT2D eigenvalue weighted by Crippen LogP contribution is -3.00. The second-order valence-corrected chi connectivity index (χ2v) is 7.97. The van der Waals surface area contributed by atoms with Crippen molar-refractivity contribution in [2.45, 2.75) is 24.5 Å². The number of carbonyl (C=O) groups is 1. The number of halogens is 1. The van der Waals surface area contributed by atoms with E-state index >= 15 is 0 Å². The highest BCUT2D eigenvalue weighted by Gasteiger charge is 2.49. The molecule has 4 nitrogen and oxygen atoms in total. The number of fused-ring (bicyclic) bond motifs is 3. The molecule has 0 spiro atoms. The van der Waals surface area contributed by atoms with E-state index in [0.29, 0.717) is 17.0 Å². The Morgan fingerprint density at radius 3 is 1.93 bits per heavy atom. The number of nitrogens with zero attached hydrogens (tertiary/aromatic N) is 1. The number of hydrogen-bond donors (Lipinski definition) is 1. The summed E-state index contributed by atoms with van der Waals surface area (Å²) in [5.41, 5.74) is -0.705. The zero-order valence-corrected chi connectivity index (χ0v) is 17.1. The van der Waals surface area contributed by atoms with Gasteiger partial charge >= 0.3 is 5.97 Å². The van der Waals surface area contributed by atoms with Crippen molar-refractivity contribution in [2.75, 3.05) is 26.7 Å². The van der Waals surface area contributed by atoms with E-state index in [1.54, 1.807) is 24.3 Å². The molecule has 144 valence electrons. The van der Waals surface area contributed by atoms with Gasteiger partial charge in [0.1, 0.15) is 6.54 Å². The fraction of sp³-hybridized carbons (Fsp3) is 0.409. The van der Waals surface area contributed by atoms with E-state index in [2.05, 4.69) is 7.05 Å². The van der Waals surface area contributed by atoms with Crippen molar-refractivity contribution in [3.05, 3.63) is 71.8 Å². The predicted molar refractivity (Wildman–Crippen MR) is 99.3 cm³/mol. The molecule has 2 aromatic rings. The first-order chi connectivity index (χ1) is 12.5. The fourth-order valence-electron chi connectivity index (χ4n) is 4.47. The second-order valence-electron chi connectivity index (χ2n) is 7.97. The molecule has 2 bridgehead atoms. The van der Waals surface area contributed by atoms with Gasteiger partial charge in [0.05, 0.1) is 20.1 Å². The lowest BCUT2D eigenvalue weighted by atomic mass is 9.83. The topological polar surface area (TPSA) is 46.5 Å². The third kappa shape index (κ3) is 3.68. The van der Waals surface area contributed by atoms with Crippen molar-refractivity contribution >= 4 is 5.97 Å². The lowest BCUT2D eigenvalue weighted by molar-refractivity contribution is -0.928. The maximum atomic E-state index is 13.2. The first-order valence-electron chi connectivity index (χ1n) is 9.39. The number of esters is 1. The molecule has 0 radical (unpaired) electrons. The summed E-state index contributed by atoms with van der Waals surface area (Å²) in [6, 6.07) is 18.2. The van der Waals surface area contributed by atoms with Crippen molar-refractivity contribution in [1.82, 2.24) is 0 Å². The minimum Gasteiger partial charge on any atom is -1.00 e. The van der Waals surface area contributed by atoms with E-state index in [1.807, 2.05) is 36.4 Å². The number of piperidine rings is 3. The molecule has 1 N–H and O–H groups in total. The van der Waals surface area contributed by atoms with Crippen LogP contribution in [0, 0.1) is 5.92 Å². The van der Waals surface area contributed by atoms with Gasteiger partial charge in [-0.25, -0.2) is 4.79 Å². The highest BCUT2D eigenvalue weighted by Crippen LogP contribution is 2.37. The van der Waals surface area contributed by atoms with Crippen LogP contribution in [-0.4, -0.2) is 48.3 Å². The average Bonchev–Trinajstić information content (AvgIpc) is 2.69. The van der Waals surface area contributed by atoms with Crippen molar-refractivity contribution < 1.29 is 36.1 Å². The van der Waals surface area contributed by atoms with Crippen LogP contribution in [0.5, 0.6) is 0 Å². The Kier molecular flexibility index (Phi) is 5.75. The smallest absolute Gasteiger partial charge is 0.348 e. The van der Waals surface area contributed by atoms with Gasteiger partial charge in [0.2, 0.25) is 5.60 Å². The van der Waals surface area contributed by atoms with Crippen molar-refractivity contribution in [3.63, 3.8) is 0 Å². The van der Waals surface area contributed by atoms with Gasteiger partial charge in [-0.2, -0.15) is 0 Å². The van der Waals surface area contributed by atoms with Gasteiger partial charge in [-0.05, 0) is 11.1 Å². The second kappa shape index (κ2) is 7.74. The number of hydrogen-bond acceptors (Lipinski definition) is 3. The van der Waals surface area contributed by atoms with Gasteiger partial charge in [0.15, 0.2) is 6.10 Å². The van der Waals surface area contributed by atoms with E-state index in [-0.39, 0.29) is 23.1 Å². The standard InChI is InChI=1S/C22H26NO3.BrH/c1-23-14-12-17(13-15-23)20(16-23)26-21(24)22(25,18-8-4-2-5-9-18)19-10-6-3-7-11-19;/h2-11,17,20,25H,12-16H2,1H3;1H/q+1;/p-1. The molecule has 3 saturated heterocycles. The molecule has 2 aromatic carbocycles. The molecule has 27 heavy (non-hydrogen) atoms. The van der Waals surface area contributed by atoms with Gasteiger partial charge in [0.25, 0.3) is 0 Å². The average molecular weight is 432 g/mol.